The van der Waals surface area contributed by atoms with E-state index < -0.39 is 29.4 Å². The van der Waals surface area contributed by atoms with Gasteiger partial charge in [0, 0.05) is 17.8 Å². The minimum Gasteiger partial charge on any atom is -0.388 e. The van der Waals surface area contributed by atoms with Crippen LogP contribution >= 0.6 is 11.6 Å². The summed E-state index contributed by atoms with van der Waals surface area (Å²) in [6.45, 7) is 3.37. The molecule has 0 fully saturated rings. The molecule has 1 unspecified atom stereocenters. The average molecular weight is 472 g/mol. The Morgan fingerprint density at radius 3 is 2.55 bits per heavy atom. The highest BCUT2D eigenvalue weighted by atomic mass is 35.5. The zero-order valence-corrected chi connectivity index (χ0v) is 18.8. The summed E-state index contributed by atoms with van der Waals surface area (Å²) in [4.78, 5) is 27.0. The molecule has 1 aromatic heterocycles. The van der Waals surface area contributed by atoms with Crippen LogP contribution in [0, 0.1) is 5.82 Å². The van der Waals surface area contributed by atoms with Crippen LogP contribution in [0.3, 0.4) is 0 Å². The topological polar surface area (TPSA) is 113 Å². The van der Waals surface area contributed by atoms with Crippen molar-refractivity contribution in [2.75, 3.05) is 11.9 Å². The molecule has 1 atom stereocenters. The van der Waals surface area contributed by atoms with Crippen molar-refractivity contribution in [3.63, 3.8) is 0 Å². The molecule has 4 N–H and O–H groups in total. The summed E-state index contributed by atoms with van der Waals surface area (Å²) < 4.78 is 15.2. The van der Waals surface area contributed by atoms with E-state index in [2.05, 4.69) is 10.4 Å². The number of nitrogens with zero attached hydrogens (tertiary/aromatic N) is 3. The van der Waals surface area contributed by atoms with E-state index in [4.69, 9.17) is 17.3 Å². The summed E-state index contributed by atoms with van der Waals surface area (Å²) in [7, 11) is 0. The lowest BCUT2D eigenvalue weighted by Gasteiger charge is -2.39. The maximum absolute atomic E-state index is 13.7. The molecule has 1 aliphatic heterocycles. The van der Waals surface area contributed by atoms with Gasteiger partial charge in [-0.25, -0.2) is 9.18 Å². The Morgan fingerprint density at radius 2 is 1.94 bits per heavy atom. The van der Waals surface area contributed by atoms with E-state index in [0.717, 1.165) is 0 Å². The van der Waals surface area contributed by atoms with Crippen molar-refractivity contribution in [3.05, 3.63) is 70.6 Å². The highest BCUT2D eigenvalue weighted by Gasteiger charge is 2.40. The van der Waals surface area contributed by atoms with E-state index in [0.29, 0.717) is 16.9 Å². The zero-order chi connectivity index (χ0) is 23.9. The number of para-hydroxylation sites is 1. The second-order valence-electron chi connectivity index (χ2n) is 8.45. The average Bonchev–Trinajstić information content (AvgIpc) is 3.14. The molecule has 33 heavy (non-hydrogen) atoms. The number of halogens is 2. The van der Waals surface area contributed by atoms with Crippen molar-refractivity contribution < 1.29 is 19.1 Å². The number of carbonyl (C=O) groups is 2. The van der Waals surface area contributed by atoms with Crippen molar-refractivity contribution in [2.24, 2.45) is 5.73 Å². The number of carbonyl (C=O) groups excluding carboxylic acids is 2. The molecule has 0 saturated carbocycles. The van der Waals surface area contributed by atoms with E-state index in [9.17, 15) is 19.1 Å². The summed E-state index contributed by atoms with van der Waals surface area (Å²) in [5, 5.41) is 18.1. The Kier molecular flexibility index (Phi) is 5.85. The fourth-order valence-corrected chi connectivity index (χ4v) is 4.10. The Hall–Kier alpha value is -3.43. The van der Waals surface area contributed by atoms with Crippen molar-refractivity contribution >= 4 is 29.2 Å². The Balaban J connectivity index is 1.80. The molecule has 2 aromatic carbocycles. The van der Waals surface area contributed by atoms with Gasteiger partial charge in [-0.3, -0.25) is 9.48 Å². The first-order valence-corrected chi connectivity index (χ1v) is 10.6. The van der Waals surface area contributed by atoms with E-state index >= 15 is 0 Å². The lowest BCUT2D eigenvalue weighted by Crippen LogP contribution is -2.50. The van der Waals surface area contributed by atoms with Crippen LogP contribution in [0.15, 0.2) is 48.5 Å². The maximum Gasteiger partial charge on any atom is 0.322 e. The largest absolute Gasteiger partial charge is 0.388 e. The molecule has 1 aliphatic rings. The van der Waals surface area contributed by atoms with Crippen LogP contribution in [0.4, 0.5) is 14.9 Å². The van der Waals surface area contributed by atoms with E-state index in [1.807, 2.05) is 6.07 Å². The van der Waals surface area contributed by atoms with Gasteiger partial charge in [0.2, 0.25) is 0 Å². The second kappa shape index (κ2) is 8.49. The maximum atomic E-state index is 13.7. The van der Waals surface area contributed by atoms with Crippen LogP contribution in [-0.4, -0.2) is 43.9 Å². The normalized spacial score (nSPS) is 15.8. The first-order valence-electron chi connectivity index (χ1n) is 10.3. The number of hydrogen-bond acceptors (Lipinski definition) is 4. The standard InChI is InChI=1S/C23H23ClFN5O3/c1-23(2,33)18-12-29(22(32)27-14-6-4-3-5-7-14)11-17-19(21(26)31)20(28-30(17)18)13-8-9-16(25)15(24)10-13/h3-10,18,33H,11-12H2,1-2H3,(H2,26,31)(H,27,32). The number of fused-ring (bicyclic) bond motifs is 1. The van der Waals surface area contributed by atoms with Crippen LogP contribution in [-0.2, 0) is 6.54 Å². The monoisotopic (exact) mass is 471 g/mol. The van der Waals surface area contributed by atoms with Gasteiger partial charge in [0.05, 0.1) is 34.5 Å². The summed E-state index contributed by atoms with van der Waals surface area (Å²) in [5.74, 6) is -1.37. The molecule has 172 valence electrons. The summed E-state index contributed by atoms with van der Waals surface area (Å²) in [5.41, 5.74) is 6.09. The minimum absolute atomic E-state index is 0.0332. The van der Waals surface area contributed by atoms with Crippen molar-refractivity contribution in [2.45, 2.75) is 32.0 Å². The third kappa shape index (κ3) is 4.42. The molecule has 0 bridgehead atoms. The third-order valence-corrected chi connectivity index (χ3v) is 5.90. The van der Waals surface area contributed by atoms with Gasteiger partial charge < -0.3 is 21.1 Å². The number of amides is 3. The summed E-state index contributed by atoms with van der Waals surface area (Å²) >= 11 is 5.94. The number of anilines is 1. The fraction of sp³-hybridized carbons (Fsp3) is 0.261. The van der Waals surface area contributed by atoms with Gasteiger partial charge in [0.15, 0.2) is 0 Å². The number of rotatable bonds is 4. The quantitative estimate of drug-likeness (QED) is 0.537. The van der Waals surface area contributed by atoms with Gasteiger partial charge in [-0.2, -0.15) is 5.10 Å². The number of aliphatic hydroxyl groups is 1. The van der Waals surface area contributed by atoms with Gasteiger partial charge in [-0.1, -0.05) is 29.8 Å². The number of hydrogen-bond donors (Lipinski definition) is 3. The van der Waals surface area contributed by atoms with Gasteiger partial charge >= 0.3 is 6.03 Å². The Morgan fingerprint density at radius 1 is 1.24 bits per heavy atom. The Labute approximate surface area is 194 Å². The van der Waals surface area contributed by atoms with Crippen molar-refractivity contribution in [1.29, 1.82) is 0 Å². The molecule has 3 amide bonds. The van der Waals surface area contributed by atoms with Gasteiger partial charge in [-0.15, -0.1) is 0 Å². The first kappa shape index (κ1) is 22.8. The molecule has 3 aromatic rings. The van der Waals surface area contributed by atoms with E-state index in [-0.39, 0.29) is 29.4 Å². The smallest absolute Gasteiger partial charge is 0.322 e. The van der Waals surface area contributed by atoms with Crippen LogP contribution in [0.1, 0.15) is 35.9 Å². The number of nitrogens with two attached hydrogens (primary N) is 1. The van der Waals surface area contributed by atoms with Crippen LogP contribution in [0.5, 0.6) is 0 Å². The first-order chi connectivity index (χ1) is 15.6. The lowest BCUT2D eigenvalue weighted by atomic mass is 9.95. The SMILES string of the molecule is CC(C)(O)C1CN(C(=O)Nc2ccccc2)Cc2c(C(N)=O)c(-c3ccc(F)c(Cl)c3)nn21. The molecule has 8 nitrogen and oxygen atoms in total. The molecular formula is C23H23ClFN5O3. The van der Waals surface area contributed by atoms with E-state index in [1.54, 1.807) is 38.1 Å². The number of urea groups is 1. The molecule has 0 radical (unpaired) electrons. The van der Waals surface area contributed by atoms with Gasteiger partial charge in [-0.05, 0) is 44.2 Å². The molecular weight excluding hydrogens is 449 g/mol. The minimum atomic E-state index is -1.29. The zero-order valence-electron chi connectivity index (χ0n) is 18.0. The van der Waals surface area contributed by atoms with Crippen LogP contribution in [0.25, 0.3) is 11.3 Å². The van der Waals surface area contributed by atoms with Crippen LogP contribution < -0.4 is 11.1 Å². The van der Waals surface area contributed by atoms with Crippen LogP contribution in [0.2, 0.25) is 5.02 Å². The summed E-state index contributed by atoms with van der Waals surface area (Å²) in [6.07, 6.45) is 0. The molecule has 0 aliphatic carbocycles. The summed E-state index contributed by atoms with van der Waals surface area (Å²) in [6, 6.07) is 11.8. The molecule has 4 rings (SSSR count). The Bertz CT molecular complexity index is 1220. The van der Waals surface area contributed by atoms with Crippen molar-refractivity contribution in [1.82, 2.24) is 14.7 Å². The highest BCUT2D eigenvalue weighted by molar-refractivity contribution is 6.31. The number of nitrogens with one attached hydrogen (secondary N) is 1. The van der Waals surface area contributed by atoms with Gasteiger partial charge in [0.1, 0.15) is 11.5 Å². The fourth-order valence-electron chi connectivity index (χ4n) is 3.92. The third-order valence-electron chi connectivity index (χ3n) is 5.61. The van der Waals surface area contributed by atoms with Crippen molar-refractivity contribution in [3.8, 4) is 11.3 Å². The molecule has 10 heteroatoms. The van der Waals surface area contributed by atoms with Gasteiger partial charge in [0.25, 0.3) is 5.91 Å². The molecule has 2 heterocycles. The number of primary amides is 1. The number of aromatic nitrogens is 2. The molecule has 0 spiro atoms. The van der Waals surface area contributed by atoms with E-state index in [1.165, 1.54) is 27.8 Å². The number of benzene rings is 2. The molecule has 0 saturated heterocycles. The predicted octanol–water partition coefficient (Wildman–Crippen LogP) is 3.80. The second-order valence-corrected chi connectivity index (χ2v) is 8.86. The lowest BCUT2D eigenvalue weighted by molar-refractivity contribution is -0.00374. The highest BCUT2D eigenvalue weighted by Crippen LogP contribution is 2.36. The predicted molar refractivity (Wildman–Crippen MR) is 122 cm³/mol.